The van der Waals surface area contributed by atoms with Crippen molar-refractivity contribution in [1.82, 2.24) is 9.80 Å². The van der Waals surface area contributed by atoms with Crippen LogP contribution in [0, 0.1) is 0 Å². The van der Waals surface area contributed by atoms with Gasteiger partial charge in [-0.15, -0.1) is 0 Å². The van der Waals surface area contributed by atoms with Crippen molar-refractivity contribution < 1.29 is 4.39 Å². The molecule has 0 aliphatic carbocycles. The van der Waals surface area contributed by atoms with Crippen LogP contribution in [-0.4, -0.2) is 54.2 Å². The van der Waals surface area contributed by atoms with E-state index < -0.39 is 5.67 Å². The van der Waals surface area contributed by atoms with Crippen LogP contribution in [0.25, 0.3) is 0 Å². The summed E-state index contributed by atoms with van der Waals surface area (Å²) in [5.74, 6) is 0. The van der Waals surface area contributed by atoms with Crippen LogP contribution >= 0.6 is 0 Å². The van der Waals surface area contributed by atoms with E-state index in [1.165, 1.54) is 0 Å². The molecule has 0 radical (unpaired) electrons. The molecule has 0 bridgehead atoms. The van der Waals surface area contributed by atoms with Gasteiger partial charge in [-0.2, -0.15) is 0 Å². The predicted octanol–water partition coefficient (Wildman–Crippen LogP) is 2.15. The molecule has 1 rings (SSSR count). The number of rotatable bonds is 2. The molecular weight excluding hydrogens is 191 g/mol. The van der Waals surface area contributed by atoms with Gasteiger partial charge in [-0.25, -0.2) is 4.39 Å². The highest BCUT2D eigenvalue weighted by atomic mass is 19.1. The topological polar surface area (TPSA) is 6.48 Å². The summed E-state index contributed by atoms with van der Waals surface area (Å²) in [6.07, 6.45) is 0.655. The molecule has 1 aliphatic heterocycles. The Bertz CT molecular complexity index is 222. The first-order chi connectivity index (χ1) is 6.64. The van der Waals surface area contributed by atoms with Gasteiger partial charge in [0.05, 0.1) is 0 Å². The van der Waals surface area contributed by atoms with Gasteiger partial charge < -0.3 is 4.90 Å². The highest BCUT2D eigenvalue weighted by molar-refractivity contribution is 5.00. The van der Waals surface area contributed by atoms with Crippen LogP contribution in [-0.2, 0) is 0 Å². The molecule has 0 aromatic carbocycles. The summed E-state index contributed by atoms with van der Waals surface area (Å²) >= 11 is 0. The lowest BCUT2D eigenvalue weighted by atomic mass is 10.0. The smallest absolute Gasteiger partial charge is 0.137 e. The number of likely N-dealkylation sites (tertiary alicyclic amines) is 1. The number of hydrogen-bond acceptors (Lipinski definition) is 2. The Balaban J connectivity index is 2.70. The first-order valence-electron chi connectivity index (χ1n) is 5.74. The average Bonchev–Trinajstić information content (AvgIpc) is 2.22. The van der Waals surface area contributed by atoms with Crippen LogP contribution in [0.4, 0.5) is 4.39 Å². The molecule has 3 heteroatoms. The summed E-state index contributed by atoms with van der Waals surface area (Å²) in [4.78, 5) is 4.22. The van der Waals surface area contributed by atoms with Gasteiger partial charge in [0.1, 0.15) is 5.67 Å². The quantitative estimate of drug-likeness (QED) is 0.698. The van der Waals surface area contributed by atoms with Crippen LogP contribution in [0.5, 0.6) is 0 Å². The normalized spacial score (nSPS) is 34.0. The lowest BCUT2D eigenvalue weighted by molar-refractivity contribution is 0.0867. The van der Waals surface area contributed by atoms with Gasteiger partial charge in [-0.3, -0.25) is 4.90 Å². The molecule has 0 aromatic heterocycles. The molecule has 2 atom stereocenters. The average molecular weight is 216 g/mol. The van der Waals surface area contributed by atoms with E-state index in [2.05, 4.69) is 32.6 Å². The second-order valence-electron chi connectivity index (χ2n) is 6.24. The van der Waals surface area contributed by atoms with Gasteiger partial charge in [0.25, 0.3) is 0 Å². The molecule has 0 saturated carbocycles. The van der Waals surface area contributed by atoms with Crippen molar-refractivity contribution in [2.24, 2.45) is 0 Å². The van der Waals surface area contributed by atoms with Crippen LogP contribution in [0.3, 0.4) is 0 Å². The summed E-state index contributed by atoms with van der Waals surface area (Å²) in [7, 11) is 3.87. The van der Waals surface area contributed by atoms with E-state index in [9.17, 15) is 4.39 Å². The van der Waals surface area contributed by atoms with Crippen molar-refractivity contribution in [3.8, 4) is 0 Å². The largest absolute Gasteiger partial charge is 0.306 e. The molecule has 0 N–H and O–H groups in total. The van der Waals surface area contributed by atoms with Crippen LogP contribution in [0.1, 0.15) is 34.1 Å². The highest BCUT2D eigenvalue weighted by Crippen LogP contribution is 2.35. The van der Waals surface area contributed by atoms with Crippen molar-refractivity contribution in [3.05, 3.63) is 0 Å². The summed E-state index contributed by atoms with van der Waals surface area (Å²) < 4.78 is 14.5. The summed E-state index contributed by atoms with van der Waals surface area (Å²) in [5.41, 5.74) is -0.963. The molecule has 1 saturated heterocycles. The van der Waals surface area contributed by atoms with Gasteiger partial charge in [-0.1, -0.05) is 0 Å². The molecule has 0 amide bonds. The van der Waals surface area contributed by atoms with Crippen molar-refractivity contribution in [3.63, 3.8) is 0 Å². The molecule has 0 aromatic rings. The van der Waals surface area contributed by atoms with Crippen molar-refractivity contribution in [2.75, 3.05) is 27.2 Å². The van der Waals surface area contributed by atoms with E-state index in [1.807, 2.05) is 19.0 Å². The number of alkyl halides is 1. The van der Waals surface area contributed by atoms with E-state index in [1.54, 1.807) is 0 Å². The fraction of sp³-hybridized carbons (Fsp3) is 1.00. The number of hydrogen-bond donors (Lipinski definition) is 0. The summed E-state index contributed by atoms with van der Waals surface area (Å²) in [6.45, 7) is 9.70. The van der Waals surface area contributed by atoms with E-state index in [-0.39, 0.29) is 5.54 Å². The Morgan fingerprint density at radius 1 is 1.40 bits per heavy atom. The zero-order valence-electron chi connectivity index (χ0n) is 11.0. The Hall–Kier alpha value is -0.150. The molecule has 1 heterocycles. The molecule has 0 spiro atoms. The third-order valence-electron chi connectivity index (χ3n) is 3.11. The van der Waals surface area contributed by atoms with Gasteiger partial charge in [0.15, 0.2) is 0 Å². The summed E-state index contributed by atoms with van der Waals surface area (Å²) in [5, 5.41) is 0. The molecule has 0 unspecified atom stereocenters. The fourth-order valence-electron chi connectivity index (χ4n) is 2.74. The molecular formula is C12H25FN2. The monoisotopic (exact) mass is 216 g/mol. The minimum atomic E-state index is -1.03. The van der Waals surface area contributed by atoms with Crippen molar-refractivity contribution >= 4 is 0 Å². The minimum Gasteiger partial charge on any atom is -0.306 e. The molecule has 1 fully saturated rings. The predicted molar refractivity (Wildman–Crippen MR) is 62.9 cm³/mol. The number of nitrogens with zero attached hydrogens (tertiary/aromatic N) is 2. The SMILES string of the molecule is C[C@@H]1C[C@@](F)(CN(C)C)CN1C(C)(C)C. The van der Waals surface area contributed by atoms with Crippen molar-refractivity contribution in [1.29, 1.82) is 0 Å². The minimum absolute atomic E-state index is 0.0690. The van der Waals surface area contributed by atoms with Crippen LogP contribution in [0.2, 0.25) is 0 Å². The maximum atomic E-state index is 14.5. The Labute approximate surface area is 93.4 Å². The van der Waals surface area contributed by atoms with Gasteiger partial charge >= 0.3 is 0 Å². The van der Waals surface area contributed by atoms with E-state index >= 15 is 0 Å². The third kappa shape index (κ3) is 3.15. The van der Waals surface area contributed by atoms with E-state index in [0.717, 1.165) is 0 Å². The second kappa shape index (κ2) is 4.02. The van der Waals surface area contributed by atoms with E-state index in [4.69, 9.17) is 0 Å². The van der Waals surface area contributed by atoms with Crippen LogP contribution < -0.4 is 0 Å². The first-order valence-corrected chi connectivity index (χ1v) is 5.74. The van der Waals surface area contributed by atoms with E-state index in [0.29, 0.717) is 25.6 Å². The molecule has 90 valence electrons. The number of halogens is 1. The standard InChI is InChI=1S/C12H25FN2/c1-10-7-12(13,8-14(5)6)9-15(10)11(2,3)4/h10H,7-9H2,1-6H3/t10-,12-/m1/s1. The molecule has 2 nitrogen and oxygen atoms in total. The summed E-state index contributed by atoms with van der Waals surface area (Å²) in [6, 6.07) is 0.343. The lowest BCUT2D eigenvalue weighted by Gasteiger charge is -2.35. The highest BCUT2D eigenvalue weighted by Gasteiger charge is 2.46. The Morgan fingerprint density at radius 2 is 1.93 bits per heavy atom. The van der Waals surface area contributed by atoms with Crippen molar-refractivity contribution in [2.45, 2.75) is 51.4 Å². The van der Waals surface area contributed by atoms with Gasteiger partial charge in [0, 0.05) is 24.7 Å². The maximum Gasteiger partial charge on any atom is 0.137 e. The molecule has 15 heavy (non-hydrogen) atoms. The molecule has 1 aliphatic rings. The zero-order valence-corrected chi connectivity index (χ0v) is 11.0. The van der Waals surface area contributed by atoms with Gasteiger partial charge in [-0.05, 0) is 48.2 Å². The van der Waals surface area contributed by atoms with Gasteiger partial charge in [0.2, 0.25) is 0 Å². The second-order valence-corrected chi connectivity index (χ2v) is 6.24. The fourth-order valence-corrected chi connectivity index (χ4v) is 2.74. The maximum absolute atomic E-state index is 14.5. The lowest BCUT2D eigenvalue weighted by Crippen LogP contribution is -2.46. The Morgan fingerprint density at radius 3 is 2.27 bits per heavy atom. The Kier molecular flexibility index (Phi) is 3.46. The van der Waals surface area contributed by atoms with Crippen LogP contribution in [0.15, 0.2) is 0 Å². The third-order valence-corrected chi connectivity index (χ3v) is 3.11. The first kappa shape index (κ1) is 12.9. The zero-order chi connectivity index (χ0) is 11.9.